The second-order valence-electron chi connectivity index (χ2n) is 8.63. The van der Waals surface area contributed by atoms with E-state index < -0.39 is 4.92 Å². The third kappa shape index (κ3) is 4.75. The fourth-order valence-corrected chi connectivity index (χ4v) is 3.40. The number of nitrogens with one attached hydrogen (secondary N) is 1. The second kappa shape index (κ2) is 8.60. The lowest BCUT2D eigenvalue weighted by Crippen LogP contribution is -2.10. The SMILES string of the molecule is CC(C)(C)c1ccc(Oc2ccc(/C=C(\C#N)c3nc4ccccc4[nH]3)cc2[N+](=O)[O-])cc1. The van der Waals surface area contributed by atoms with Crippen molar-refractivity contribution in [3.63, 3.8) is 0 Å². The van der Waals surface area contributed by atoms with Crippen molar-refractivity contribution in [2.24, 2.45) is 0 Å². The summed E-state index contributed by atoms with van der Waals surface area (Å²) in [6.07, 6.45) is 1.56. The number of nitriles is 1. The number of hydrogen-bond acceptors (Lipinski definition) is 5. The van der Waals surface area contributed by atoms with Crippen LogP contribution in [0.15, 0.2) is 66.7 Å². The number of nitro benzene ring substituents is 1. The molecule has 0 fully saturated rings. The van der Waals surface area contributed by atoms with Crippen molar-refractivity contribution in [1.29, 1.82) is 5.26 Å². The summed E-state index contributed by atoms with van der Waals surface area (Å²) in [6, 6.07) is 21.7. The molecule has 164 valence electrons. The number of fused-ring (bicyclic) bond motifs is 1. The third-order valence-electron chi connectivity index (χ3n) is 5.20. The lowest BCUT2D eigenvalue weighted by molar-refractivity contribution is -0.385. The highest BCUT2D eigenvalue weighted by molar-refractivity contribution is 5.90. The third-order valence-corrected chi connectivity index (χ3v) is 5.20. The smallest absolute Gasteiger partial charge is 0.312 e. The summed E-state index contributed by atoms with van der Waals surface area (Å²) in [5, 5.41) is 21.4. The molecule has 1 heterocycles. The zero-order chi connectivity index (χ0) is 23.6. The first kappa shape index (κ1) is 21.8. The normalized spacial score (nSPS) is 11.9. The van der Waals surface area contributed by atoms with Crippen LogP contribution >= 0.6 is 0 Å². The van der Waals surface area contributed by atoms with Crippen molar-refractivity contribution in [3.05, 3.63) is 93.8 Å². The van der Waals surface area contributed by atoms with Gasteiger partial charge >= 0.3 is 5.69 Å². The van der Waals surface area contributed by atoms with Crippen LogP contribution in [-0.2, 0) is 5.41 Å². The van der Waals surface area contributed by atoms with Gasteiger partial charge < -0.3 is 9.72 Å². The molecular formula is C26H22N4O3. The molecule has 0 spiro atoms. The minimum Gasteiger partial charge on any atom is -0.450 e. The molecule has 0 radical (unpaired) electrons. The number of imidazole rings is 1. The van der Waals surface area contributed by atoms with Crippen LogP contribution in [0.4, 0.5) is 5.69 Å². The van der Waals surface area contributed by atoms with Gasteiger partial charge in [0.2, 0.25) is 5.75 Å². The van der Waals surface area contributed by atoms with E-state index in [-0.39, 0.29) is 22.4 Å². The Hall–Kier alpha value is -4.44. The number of nitrogens with zero attached hydrogens (tertiary/aromatic N) is 3. The maximum atomic E-state index is 11.7. The Morgan fingerprint density at radius 2 is 1.85 bits per heavy atom. The van der Waals surface area contributed by atoms with E-state index in [0.717, 1.165) is 16.6 Å². The second-order valence-corrected chi connectivity index (χ2v) is 8.63. The molecule has 0 unspecified atom stereocenters. The lowest BCUT2D eigenvalue weighted by Gasteiger charge is -2.19. The summed E-state index contributed by atoms with van der Waals surface area (Å²) in [6.45, 7) is 6.34. The molecule has 7 nitrogen and oxygen atoms in total. The van der Waals surface area contributed by atoms with E-state index in [0.29, 0.717) is 17.1 Å². The van der Waals surface area contributed by atoms with Gasteiger partial charge in [-0.3, -0.25) is 10.1 Å². The van der Waals surface area contributed by atoms with Crippen molar-refractivity contribution in [2.75, 3.05) is 0 Å². The zero-order valence-corrected chi connectivity index (χ0v) is 18.5. The molecular weight excluding hydrogens is 416 g/mol. The zero-order valence-electron chi connectivity index (χ0n) is 18.5. The van der Waals surface area contributed by atoms with Gasteiger partial charge in [-0.05, 0) is 52.9 Å². The Morgan fingerprint density at radius 3 is 2.48 bits per heavy atom. The summed E-state index contributed by atoms with van der Waals surface area (Å²) in [7, 11) is 0. The highest BCUT2D eigenvalue weighted by Gasteiger charge is 2.18. The van der Waals surface area contributed by atoms with Gasteiger partial charge in [-0.15, -0.1) is 0 Å². The van der Waals surface area contributed by atoms with Crippen LogP contribution in [0.3, 0.4) is 0 Å². The number of H-pyrrole nitrogens is 1. The van der Waals surface area contributed by atoms with E-state index in [9.17, 15) is 15.4 Å². The van der Waals surface area contributed by atoms with E-state index in [1.54, 1.807) is 24.3 Å². The monoisotopic (exact) mass is 438 g/mol. The molecule has 1 aromatic heterocycles. The summed E-state index contributed by atoms with van der Waals surface area (Å²) in [5.41, 5.74) is 3.25. The number of nitro groups is 1. The van der Waals surface area contributed by atoms with Gasteiger partial charge in [0, 0.05) is 6.07 Å². The molecule has 3 aromatic carbocycles. The molecule has 0 bridgehead atoms. The van der Waals surface area contributed by atoms with E-state index in [1.807, 2.05) is 36.4 Å². The van der Waals surface area contributed by atoms with E-state index in [4.69, 9.17) is 4.74 Å². The van der Waals surface area contributed by atoms with E-state index in [2.05, 4.69) is 36.8 Å². The standard InChI is InChI=1S/C26H22N4O3/c1-26(2,3)19-9-11-20(12-10-19)33-24-13-8-17(15-23(24)30(31)32)14-18(16-27)25-28-21-6-4-5-7-22(21)29-25/h4-15H,1-3H3,(H,28,29)/b18-14+. The maximum Gasteiger partial charge on any atom is 0.312 e. The molecule has 0 saturated heterocycles. The number of aromatic nitrogens is 2. The Morgan fingerprint density at radius 1 is 1.12 bits per heavy atom. The van der Waals surface area contributed by atoms with Gasteiger partial charge in [-0.1, -0.05) is 51.1 Å². The van der Waals surface area contributed by atoms with Crippen LogP contribution in [0.5, 0.6) is 11.5 Å². The summed E-state index contributed by atoms with van der Waals surface area (Å²) in [5.74, 6) is 1.04. The van der Waals surface area contributed by atoms with Crippen molar-refractivity contribution in [3.8, 4) is 17.6 Å². The minimum absolute atomic E-state index is 0.00318. The Labute approximate surface area is 191 Å². The first-order valence-corrected chi connectivity index (χ1v) is 10.4. The molecule has 0 saturated carbocycles. The molecule has 4 rings (SSSR count). The molecule has 33 heavy (non-hydrogen) atoms. The van der Waals surface area contributed by atoms with Gasteiger partial charge in [0.05, 0.1) is 21.5 Å². The van der Waals surface area contributed by atoms with Gasteiger partial charge in [0.25, 0.3) is 0 Å². The van der Waals surface area contributed by atoms with Crippen molar-refractivity contribution < 1.29 is 9.66 Å². The van der Waals surface area contributed by atoms with Gasteiger partial charge in [0.1, 0.15) is 17.6 Å². The van der Waals surface area contributed by atoms with Crippen LogP contribution < -0.4 is 4.74 Å². The number of aromatic amines is 1. The molecule has 7 heteroatoms. The number of benzene rings is 3. The highest BCUT2D eigenvalue weighted by atomic mass is 16.6. The van der Waals surface area contributed by atoms with Crippen LogP contribution in [0.25, 0.3) is 22.7 Å². The van der Waals surface area contributed by atoms with Crippen LogP contribution in [0.2, 0.25) is 0 Å². The molecule has 0 amide bonds. The fraction of sp³-hybridized carbons (Fsp3) is 0.154. The Bertz CT molecular complexity index is 1370. The Kier molecular flexibility index (Phi) is 5.67. The number of rotatable bonds is 5. The largest absolute Gasteiger partial charge is 0.450 e. The molecule has 0 aliphatic rings. The van der Waals surface area contributed by atoms with Crippen molar-refractivity contribution >= 4 is 28.4 Å². The van der Waals surface area contributed by atoms with Crippen LogP contribution in [0.1, 0.15) is 37.7 Å². The molecule has 0 aliphatic carbocycles. The fourth-order valence-electron chi connectivity index (χ4n) is 3.40. The minimum atomic E-state index is -0.497. The lowest BCUT2D eigenvalue weighted by atomic mass is 9.87. The molecule has 1 N–H and O–H groups in total. The van der Waals surface area contributed by atoms with E-state index in [1.165, 1.54) is 12.1 Å². The van der Waals surface area contributed by atoms with Crippen LogP contribution in [-0.4, -0.2) is 14.9 Å². The van der Waals surface area contributed by atoms with Gasteiger partial charge in [-0.2, -0.15) is 5.26 Å². The summed E-state index contributed by atoms with van der Waals surface area (Å²) in [4.78, 5) is 18.8. The predicted molar refractivity (Wildman–Crippen MR) is 128 cm³/mol. The predicted octanol–water partition coefficient (Wildman–Crippen LogP) is 6.63. The topological polar surface area (TPSA) is 105 Å². The first-order valence-electron chi connectivity index (χ1n) is 10.4. The van der Waals surface area contributed by atoms with Gasteiger partial charge in [-0.25, -0.2) is 4.98 Å². The van der Waals surface area contributed by atoms with Gasteiger partial charge in [0.15, 0.2) is 0 Å². The average molecular weight is 438 g/mol. The maximum absolute atomic E-state index is 11.7. The number of hydrogen-bond donors (Lipinski definition) is 1. The van der Waals surface area contributed by atoms with Crippen molar-refractivity contribution in [1.82, 2.24) is 9.97 Å². The molecule has 0 atom stereocenters. The molecule has 4 aromatic rings. The number of allylic oxidation sites excluding steroid dienone is 1. The highest BCUT2D eigenvalue weighted by Crippen LogP contribution is 2.34. The Balaban J connectivity index is 1.65. The van der Waals surface area contributed by atoms with Crippen molar-refractivity contribution in [2.45, 2.75) is 26.2 Å². The summed E-state index contributed by atoms with van der Waals surface area (Å²) < 4.78 is 5.80. The summed E-state index contributed by atoms with van der Waals surface area (Å²) >= 11 is 0. The average Bonchev–Trinajstić information content (AvgIpc) is 3.22. The molecule has 0 aliphatic heterocycles. The number of ether oxygens (including phenoxy) is 1. The quantitative estimate of drug-likeness (QED) is 0.214. The number of para-hydroxylation sites is 2. The first-order chi connectivity index (χ1) is 15.7. The van der Waals surface area contributed by atoms with E-state index >= 15 is 0 Å². The van der Waals surface area contributed by atoms with Crippen LogP contribution in [0, 0.1) is 21.4 Å².